The van der Waals surface area contributed by atoms with Crippen molar-refractivity contribution in [1.82, 2.24) is 10.2 Å². The molecule has 26 heavy (non-hydrogen) atoms. The second-order valence-corrected chi connectivity index (χ2v) is 6.65. The van der Waals surface area contributed by atoms with Gasteiger partial charge >= 0.3 is 6.03 Å². The molecule has 3 amide bonds. The van der Waals surface area contributed by atoms with Gasteiger partial charge in [-0.05, 0) is 48.9 Å². The molecule has 3 rings (SSSR count). The minimum Gasteiger partial charge on any atom is -0.497 e. The molecule has 1 N–H and O–H groups in total. The van der Waals surface area contributed by atoms with E-state index in [4.69, 9.17) is 10.00 Å². The molecule has 7 heteroatoms. The van der Waals surface area contributed by atoms with Gasteiger partial charge in [0.05, 0.1) is 25.2 Å². The number of fused-ring (bicyclic) bond motifs is 2. The first kappa shape index (κ1) is 17.8. The van der Waals surface area contributed by atoms with E-state index in [2.05, 4.69) is 11.4 Å². The highest BCUT2D eigenvalue weighted by molar-refractivity contribution is 6.07. The van der Waals surface area contributed by atoms with Crippen LogP contribution in [-0.4, -0.2) is 30.5 Å². The van der Waals surface area contributed by atoms with Gasteiger partial charge < -0.3 is 10.1 Å². The number of nitrogens with one attached hydrogen (secondary N) is 1. The first-order valence-corrected chi connectivity index (χ1v) is 8.64. The van der Waals surface area contributed by atoms with Crippen molar-refractivity contribution in [2.24, 2.45) is 5.92 Å². The van der Waals surface area contributed by atoms with Crippen molar-refractivity contribution >= 4 is 11.9 Å². The molecule has 2 atom stereocenters. The molecule has 0 bridgehead atoms. The molecule has 1 heterocycles. The van der Waals surface area contributed by atoms with E-state index in [0.29, 0.717) is 12.8 Å². The van der Waals surface area contributed by atoms with Gasteiger partial charge in [0.2, 0.25) is 0 Å². The lowest BCUT2D eigenvalue weighted by Crippen LogP contribution is -2.46. The lowest BCUT2D eigenvalue weighted by molar-refractivity contribution is -0.132. The molecule has 1 aliphatic heterocycles. The van der Waals surface area contributed by atoms with Gasteiger partial charge in [-0.15, -0.1) is 0 Å². The molecule has 7 nitrogen and oxygen atoms in total. The molecule has 1 aliphatic carbocycles. The molecule has 134 valence electrons. The molecule has 1 saturated heterocycles. The number of rotatable bonds is 5. The van der Waals surface area contributed by atoms with Gasteiger partial charge in [0, 0.05) is 13.0 Å². The third kappa shape index (κ3) is 2.86. The van der Waals surface area contributed by atoms with Gasteiger partial charge in [0.25, 0.3) is 5.91 Å². The highest BCUT2D eigenvalue weighted by Gasteiger charge is 2.54. The van der Waals surface area contributed by atoms with Crippen LogP contribution < -0.4 is 10.1 Å². The normalized spacial score (nSPS) is 22.3. The summed E-state index contributed by atoms with van der Waals surface area (Å²) >= 11 is 0. The minimum absolute atomic E-state index is 0.0100. The van der Waals surface area contributed by atoms with E-state index in [1.165, 1.54) is 0 Å². The molecule has 0 radical (unpaired) electrons. The fraction of sp³-hybridized carbons (Fsp3) is 0.474. The van der Waals surface area contributed by atoms with Crippen LogP contribution in [0.5, 0.6) is 5.75 Å². The van der Waals surface area contributed by atoms with E-state index in [9.17, 15) is 14.9 Å². The Kier molecular flexibility index (Phi) is 4.81. The molecule has 0 saturated carbocycles. The zero-order valence-electron chi connectivity index (χ0n) is 14.6. The largest absolute Gasteiger partial charge is 0.497 e. The Morgan fingerprint density at radius 1 is 1.38 bits per heavy atom. The fourth-order valence-electron chi connectivity index (χ4n) is 3.80. The Morgan fingerprint density at radius 2 is 2.19 bits per heavy atom. The quantitative estimate of drug-likeness (QED) is 0.818. The van der Waals surface area contributed by atoms with Crippen LogP contribution >= 0.6 is 0 Å². The third-order valence-electron chi connectivity index (χ3n) is 5.14. The predicted molar refractivity (Wildman–Crippen MR) is 91.8 cm³/mol. The van der Waals surface area contributed by atoms with Gasteiger partial charge in [0.1, 0.15) is 11.3 Å². The number of carbonyl (C=O) groups is 2. The number of nitrogens with zero attached hydrogens (tertiary/aromatic N) is 3. The van der Waals surface area contributed by atoms with Crippen molar-refractivity contribution in [3.8, 4) is 17.9 Å². The average Bonchev–Trinajstić information content (AvgIpc) is 2.89. The second-order valence-electron chi connectivity index (χ2n) is 6.65. The van der Waals surface area contributed by atoms with E-state index in [-0.39, 0.29) is 18.9 Å². The minimum atomic E-state index is -1.06. The molecule has 0 unspecified atom stereocenters. The van der Waals surface area contributed by atoms with Crippen molar-refractivity contribution in [2.45, 2.75) is 37.6 Å². The Balaban J connectivity index is 1.90. The van der Waals surface area contributed by atoms with Crippen LogP contribution in [-0.2, 0) is 16.8 Å². The maximum atomic E-state index is 13.2. The lowest BCUT2D eigenvalue weighted by Gasteiger charge is -2.33. The maximum absolute atomic E-state index is 13.2. The van der Waals surface area contributed by atoms with Gasteiger partial charge in [-0.2, -0.15) is 10.5 Å². The van der Waals surface area contributed by atoms with Gasteiger partial charge in [-0.25, -0.2) is 4.79 Å². The van der Waals surface area contributed by atoms with Gasteiger partial charge in [-0.3, -0.25) is 9.69 Å². The smallest absolute Gasteiger partial charge is 0.325 e. The molecular weight excluding hydrogens is 332 g/mol. The van der Waals surface area contributed by atoms with Crippen molar-refractivity contribution in [1.29, 1.82) is 10.5 Å². The molecule has 1 fully saturated rings. The number of aryl methyl sites for hydroxylation is 1. The number of amides is 3. The summed E-state index contributed by atoms with van der Waals surface area (Å²) in [6, 6.07) is 9.14. The van der Waals surface area contributed by atoms with E-state index in [0.717, 1.165) is 34.6 Å². The number of methoxy groups -OCH3 is 1. The molecule has 1 spiro atoms. The summed E-state index contributed by atoms with van der Waals surface area (Å²) in [5, 5.41) is 20.8. The topological polar surface area (TPSA) is 106 Å². The Bertz CT molecular complexity index is 823. The molecule has 1 aromatic carbocycles. The Morgan fingerprint density at radius 3 is 2.88 bits per heavy atom. The summed E-state index contributed by atoms with van der Waals surface area (Å²) in [6.45, 7) is 0.0100. The predicted octanol–water partition coefficient (Wildman–Crippen LogP) is 2.22. The number of nitriles is 2. The maximum Gasteiger partial charge on any atom is 0.325 e. The third-order valence-corrected chi connectivity index (χ3v) is 5.14. The van der Waals surface area contributed by atoms with Crippen LogP contribution in [0.25, 0.3) is 0 Å². The van der Waals surface area contributed by atoms with Crippen LogP contribution in [0.2, 0.25) is 0 Å². The van der Waals surface area contributed by atoms with E-state index in [1.54, 1.807) is 13.2 Å². The fourth-order valence-corrected chi connectivity index (χ4v) is 3.80. The number of hydrogen-bond donors (Lipinski definition) is 1. The number of carbonyl (C=O) groups excluding carboxylic acids is 2. The summed E-state index contributed by atoms with van der Waals surface area (Å²) in [7, 11) is 1.59. The van der Waals surface area contributed by atoms with Crippen LogP contribution in [0, 0.1) is 28.6 Å². The molecule has 1 aromatic rings. The summed E-state index contributed by atoms with van der Waals surface area (Å²) < 4.78 is 5.26. The molecular formula is C19H20N4O3. The first-order chi connectivity index (χ1) is 12.6. The number of imide groups is 1. The molecule has 2 aliphatic rings. The summed E-state index contributed by atoms with van der Waals surface area (Å²) in [5.41, 5.74) is 0.731. The zero-order chi connectivity index (χ0) is 18.7. The number of ether oxygens (including phenoxy) is 1. The Labute approximate surface area is 152 Å². The van der Waals surface area contributed by atoms with Crippen molar-refractivity contribution < 1.29 is 14.3 Å². The average molecular weight is 352 g/mol. The van der Waals surface area contributed by atoms with Crippen molar-refractivity contribution in [3.05, 3.63) is 29.3 Å². The second kappa shape index (κ2) is 7.05. The summed E-state index contributed by atoms with van der Waals surface area (Å²) in [5.74, 6) is -0.139. The van der Waals surface area contributed by atoms with E-state index >= 15 is 0 Å². The van der Waals surface area contributed by atoms with Gasteiger partial charge in [0.15, 0.2) is 0 Å². The first-order valence-electron chi connectivity index (χ1n) is 8.64. The van der Waals surface area contributed by atoms with E-state index < -0.39 is 17.5 Å². The number of hydrogen-bond acceptors (Lipinski definition) is 5. The highest BCUT2D eigenvalue weighted by Crippen LogP contribution is 2.41. The monoisotopic (exact) mass is 352 g/mol. The van der Waals surface area contributed by atoms with Crippen molar-refractivity contribution in [3.63, 3.8) is 0 Å². The van der Waals surface area contributed by atoms with Crippen LogP contribution in [0.1, 0.15) is 36.8 Å². The standard InChI is InChI=1S/C19H20N4O3/c1-26-15-6-7-16-14(10-15)5-2-8-19(16)17(24)23(18(25)22-19)12-13(11-21)4-3-9-20/h6-7,10,13H,2-5,8,12H2,1H3,(H,22,25)/t13-,19+/m0/s1. The lowest BCUT2D eigenvalue weighted by atomic mass is 9.76. The van der Waals surface area contributed by atoms with Crippen LogP contribution in [0.3, 0.4) is 0 Å². The van der Waals surface area contributed by atoms with E-state index in [1.807, 2.05) is 18.2 Å². The number of urea groups is 1. The SMILES string of the molecule is COc1ccc2c(c1)CCC[C@@]21NC(=O)N(C[C@H](C#N)CCC#N)C1=O. The highest BCUT2D eigenvalue weighted by atomic mass is 16.5. The Hall–Kier alpha value is -3.06. The summed E-state index contributed by atoms with van der Waals surface area (Å²) in [4.78, 5) is 26.8. The zero-order valence-corrected chi connectivity index (χ0v) is 14.6. The summed E-state index contributed by atoms with van der Waals surface area (Å²) in [6.07, 6.45) is 2.68. The van der Waals surface area contributed by atoms with Crippen LogP contribution in [0.15, 0.2) is 18.2 Å². The van der Waals surface area contributed by atoms with Crippen LogP contribution in [0.4, 0.5) is 4.79 Å². The number of benzene rings is 1. The van der Waals surface area contributed by atoms with Gasteiger partial charge in [-0.1, -0.05) is 6.07 Å². The molecule has 0 aromatic heterocycles. The van der Waals surface area contributed by atoms with Crippen molar-refractivity contribution in [2.75, 3.05) is 13.7 Å².